The van der Waals surface area contributed by atoms with Crippen molar-refractivity contribution in [2.45, 2.75) is 82.3 Å². The van der Waals surface area contributed by atoms with Crippen molar-refractivity contribution in [3.8, 4) is 17.2 Å². The van der Waals surface area contributed by atoms with Crippen LogP contribution in [0, 0.1) is 24.1 Å². The molecule has 13 heteroatoms. The summed E-state index contributed by atoms with van der Waals surface area (Å²) in [6.07, 6.45) is -1.40. The van der Waals surface area contributed by atoms with Gasteiger partial charge in [0, 0.05) is 23.5 Å². The highest BCUT2D eigenvalue weighted by atomic mass is 35.5. The first kappa shape index (κ1) is 32.4. The summed E-state index contributed by atoms with van der Waals surface area (Å²) in [7, 11) is 0. The van der Waals surface area contributed by atoms with Crippen LogP contribution >= 0.6 is 23.4 Å². The van der Waals surface area contributed by atoms with Crippen LogP contribution in [0.1, 0.15) is 57.2 Å². The van der Waals surface area contributed by atoms with Crippen molar-refractivity contribution in [3.63, 3.8) is 0 Å². The average molecular weight is 650 g/mol. The van der Waals surface area contributed by atoms with E-state index in [4.69, 9.17) is 16.3 Å². The number of benzene rings is 2. The van der Waals surface area contributed by atoms with Crippen molar-refractivity contribution >= 4 is 45.2 Å². The van der Waals surface area contributed by atoms with E-state index in [9.17, 15) is 23.5 Å². The Balaban J connectivity index is 1.66. The van der Waals surface area contributed by atoms with Gasteiger partial charge in [0.1, 0.15) is 10.5 Å². The van der Waals surface area contributed by atoms with E-state index in [2.05, 4.69) is 16.2 Å². The van der Waals surface area contributed by atoms with E-state index in [0.717, 1.165) is 0 Å². The number of alkyl halides is 3. The zero-order valence-corrected chi connectivity index (χ0v) is 26.4. The second kappa shape index (κ2) is 12.1. The lowest BCUT2D eigenvalue weighted by atomic mass is 9.93. The molecule has 0 bridgehead atoms. The normalized spacial score (nSPS) is 19.0. The highest BCUT2D eigenvalue weighted by Crippen LogP contribution is 2.46. The van der Waals surface area contributed by atoms with Crippen LogP contribution in [0.25, 0.3) is 32.9 Å². The number of hydrogen-bond acceptors (Lipinski definition) is 7. The third kappa shape index (κ3) is 6.00. The zero-order valence-electron chi connectivity index (χ0n) is 24.8. The molecular weight excluding hydrogens is 618 g/mol. The van der Waals surface area contributed by atoms with Gasteiger partial charge in [0.15, 0.2) is 5.82 Å². The molecule has 1 aliphatic rings. The summed E-state index contributed by atoms with van der Waals surface area (Å²) in [5.41, 5.74) is -1.89. The number of aliphatic hydroxyl groups excluding tert-OH is 1. The molecule has 3 heterocycles. The summed E-state index contributed by atoms with van der Waals surface area (Å²) in [6, 6.07) is 7.04. The number of rotatable bonds is 6. The van der Waals surface area contributed by atoms with Crippen LogP contribution < -0.4 is 0 Å². The third-order valence-corrected chi connectivity index (χ3v) is 8.85. The lowest BCUT2D eigenvalue weighted by molar-refractivity contribution is -0.253. The van der Waals surface area contributed by atoms with Crippen LogP contribution in [0.3, 0.4) is 0 Å². The molecule has 0 spiro atoms. The smallest absolute Gasteiger partial charge is 0.356 e. The number of aryl methyl sites for hydroxylation is 1. The van der Waals surface area contributed by atoms with E-state index in [1.807, 2.05) is 20.8 Å². The summed E-state index contributed by atoms with van der Waals surface area (Å²) < 4.78 is 66.3. The first-order chi connectivity index (χ1) is 20.7. The fourth-order valence-corrected chi connectivity index (χ4v) is 6.88. The first-order valence-corrected chi connectivity index (χ1v) is 15.6. The number of hydrogen-bond donors (Lipinski definition) is 1. The minimum absolute atomic E-state index is 0.0480. The van der Waals surface area contributed by atoms with Gasteiger partial charge in [0.25, 0.3) is 0 Å². The maximum atomic E-state index is 16.4. The molecule has 2 aromatic carbocycles. The number of ether oxygens (including phenoxy) is 1. The molecule has 1 saturated heterocycles. The van der Waals surface area contributed by atoms with Crippen molar-refractivity contribution in [2.24, 2.45) is 0 Å². The van der Waals surface area contributed by atoms with Crippen molar-refractivity contribution in [3.05, 3.63) is 52.4 Å². The maximum absolute atomic E-state index is 16.4. The molecule has 1 fully saturated rings. The SMILES string of the molecule is CSc1nc2c(F)c(-c3cccc(C)c3C(F)(F)F)c(Cl)cc2c2c1cnn2[C@H]1CCN(C(O)OC(C)(C)C)[C@H](CC#N)C1. The van der Waals surface area contributed by atoms with Gasteiger partial charge in [-0.15, -0.1) is 11.8 Å². The lowest BCUT2D eigenvalue weighted by Crippen LogP contribution is -2.51. The van der Waals surface area contributed by atoms with Gasteiger partial charge < -0.3 is 9.84 Å². The van der Waals surface area contributed by atoms with Crippen LogP contribution in [0.2, 0.25) is 5.02 Å². The van der Waals surface area contributed by atoms with Crippen LogP contribution in [0.15, 0.2) is 35.5 Å². The molecule has 7 nitrogen and oxygen atoms in total. The van der Waals surface area contributed by atoms with Gasteiger partial charge in [0.05, 0.1) is 51.8 Å². The van der Waals surface area contributed by atoms with Crippen molar-refractivity contribution in [1.29, 1.82) is 5.26 Å². The summed E-state index contributed by atoms with van der Waals surface area (Å²) in [5, 5.41) is 26.3. The second-order valence-corrected chi connectivity index (χ2v) is 13.1. The monoisotopic (exact) mass is 649 g/mol. The van der Waals surface area contributed by atoms with Gasteiger partial charge in [-0.05, 0) is 64.0 Å². The number of halogens is 5. The third-order valence-electron chi connectivity index (χ3n) is 7.85. The predicted molar refractivity (Wildman–Crippen MR) is 163 cm³/mol. The number of likely N-dealkylation sites (tertiary alicyclic amines) is 1. The quantitative estimate of drug-likeness (QED) is 0.128. The average Bonchev–Trinajstić information content (AvgIpc) is 3.37. The van der Waals surface area contributed by atoms with E-state index in [0.29, 0.717) is 40.7 Å². The highest BCUT2D eigenvalue weighted by molar-refractivity contribution is 7.98. The number of thioether (sulfide) groups is 1. The van der Waals surface area contributed by atoms with Gasteiger partial charge in [-0.2, -0.15) is 23.5 Å². The molecule has 4 aromatic rings. The molecule has 2 aromatic heterocycles. The number of pyridine rings is 1. The van der Waals surface area contributed by atoms with E-state index < -0.39 is 29.6 Å². The number of fused-ring (bicyclic) bond motifs is 3. The molecule has 1 aliphatic heterocycles. The molecule has 1 unspecified atom stereocenters. The van der Waals surface area contributed by atoms with Crippen LogP contribution in [-0.4, -0.2) is 55.6 Å². The number of aliphatic hydroxyl groups is 1. The fourth-order valence-electron chi connectivity index (χ4n) is 6.03. The van der Waals surface area contributed by atoms with Gasteiger partial charge >= 0.3 is 6.18 Å². The van der Waals surface area contributed by atoms with Gasteiger partial charge in [-0.1, -0.05) is 29.8 Å². The van der Waals surface area contributed by atoms with Crippen LogP contribution in [0.5, 0.6) is 0 Å². The second-order valence-electron chi connectivity index (χ2n) is 11.9. The Morgan fingerprint density at radius 2 is 1.98 bits per heavy atom. The van der Waals surface area contributed by atoms with Gasteiger partial charge in [-0.3, -0.25) is 9.58 Å². The summed E-state index contributed by atoms with van der Waals surface area (Å²) in [4.78, 5) is 6.29. The summed E-state index contributed by atoms with van der Waals surface area (Å²) in [6.45, 7) is 7.23. The van der Waals surface area contributed by atoms with E-state index in [1.165, 1.54) is 43.0 Å². The molecule has 0 radical (unpaired) electrons. The maximum Gasteiger partial charge on any atom is 0.417 e. The Morgan fingerprint density at radius 1 is 1.25 bits per heavy atom. The standard InChI is InChI=1S/C31H32ClF4N5O2S/c1-16-7-6-8-19(24(16)31(34,35)36)23-22(32)14-20-26(25(23)33)39-28(44-5)21-15-38-41(27(20)21)18-10-12-40(17(13-18)9-11-37)29(42)43-30(2,3)4/h6-8,14-15,17-18,29,42H,9-10,12-13H2,1-5H3/t17-,18+,29?/m1/s1. The lowest BCUT2D eigenvalue weighted by Gasteiger charge is -2.42. The zero-order chi connectivity index (χ0) is 32.1. The Labute approximate surface area is 261 Å². The summed E-state index contributed by atoms with van der Waals surface area (Å²) >= 11 is 7.88. The van der Waals surface area contributed by atoms with Crippen molar-refractivity contribution in [2.75, 3.05) is 12.8 Å². The van der Waals surface area contributed by atoms with Crippen LogP contribution in [-0.2, 0) is 10.9 Å². The Kier molecular flexibility index (Phi) is 8.92. The largest absolute Gasteiger partial charge is 0.417 e. The topological polar surface area (TPSA) is 87.2 Å². The first-order valence-electron chi connectivity index (χ1n) is 14.0. The molecule has 1 N–H and O–H groups in total. The molecule has 3 atom stereocenters. The van der Waals surface area contributed by atoms with Crippen LogP contribution in [0.4, 0.5) is 17.6 Å². The number of piperidine rings is 1. The minimum Gasteiger partial charge on any atom is -0.356 e. The minimum atomic E-state index is -4.73. The number of nitrogens with zero attached hydrogens (tertiary/aromatic N) is 5. The fraction of sp³-hybridized carbons (Fsp3) is 0.452. The molecular formula is C31H32ClF4N5O2S. The van der Waals surface area contributed by atoms with Gasteiger partial charge in [-0.25, -0.2) is 9.37 Å². The molecule has 0 amide bonds. The number of nitriles is 1. The molecule has 0 aliphatic carbocycles. The molecule has 0 saturated carbocycles. The highest BCUT2D eigenvalue weighted by Gasteiger charge is 2.38. The Bertz CT molecular complexity index is 1770. The summed E-state index contributed by atoms with van der Waals surface area (Å²) in [5.74, 6) is -0.951. The van der Waals surface area contributed by atoms with E-state index in [-0.39, 0.29) is 45.7 Å². The number of aromatic nitrogens is 3. The van der Waals surface area contributed by atoms with E-state index >= 15 is 4.39 Å². The van der Waals surface area contributed by atoms with Crippen molar-refractivity contribution in [1.82, 2.24) is 19.7 Å². The van der Waals surface area contributed by atoms with Crippen molar-refractivity contribution < 1.29 is 27.4 Å². The predicted octanol–water partition coefficient (Wildman–Crippen LogP) is 8.10. The Morgan fingerprint density at radius 3 is 2.61 bits per heavy atom. The molecule has 44 heavy (non-hydrogen) atoms. The molecule has 5 rings (SSSR count). The van der Waals surface area contributed by atoms with Gasteiger partial charge in [0.2, 0.25) is 6.41 Å². The molecule has 234 valence electrons. The van der Waals surface area contributed by atoms with E-state index in [1.54, 1.807) is 22.0 Å². The Hall–Kier alpha value is -2.95.